The van der Waals surface area contributed by atoms with Crippen molar-refractivity contribution in [2.24, 2.45) is 0 Å². The molecule has 1 saturated heterocycles. The number of sulfonamides is 1. The maximum absolute atomic E-state index is 12.9. The largest absolute Gasteiger partial charge is 0.497 e. The summed E-state index contributed by atoms with van der Waals surface area (Å²) in [6.45, 7) is 0.0396. The first-order valence-electron chi connectivity index (χ1n) is 12.4. The number of amides is 1. The van der Waals surface area contributed by atoms with Crippen molar-refractivity contribution in [2.45, 2.75) is 18.9 Å². The molecule has 2 aromatic carbocycles. The maximum atomic E-state index is 12.9. The molecule has 3 aromatic rings. The zero-order valence-corrected chi connectivity index (χ0v) is 24.7. The Morgan fingerprint density at radius 3 is 2.32 bits per heavy atom. The molecule has 3 N–H and O–H groups in total. The van der Waals surface area contributed by atoms with Gasteiger partial charge >= 0.3 is 0 Å². The van der Waals surface area contributed by atoms with E-state index in [2.05, 4.69) is 25.9 Å². The molecule has 0 radical (unpaired) electrons. The van der Waals surface area contributed by atoms with Gasteiger partial charge in [0.05, 0.1) is 58.8 Å². The van der Waals surface area contributed by atoms with Gasteiger partial charge < -0.3 is 34.9 Å². The quantitative estimate of drug-likeness (QED) is 0.276. The van der Waals surface area contributed by atoms with Gasteiger partial charge in [-0.2, -0.15) is 4.98 Å². The Kier molecular flexibility index (Phi) is 9.13. The van der Waals surface area contributed by atoms with E-state index in [1.54, 1.807) is 30.3 Å². The number of aromatic nitrogens is 2. The number of hydrogen-bond acceptors (Lipinski definition) is 11. The molecule has 1 fully saturated rings. The average Bonchev–Trinajstić information content (AvgIpc) is 3.37. The molecular formula is C26H31ClN6O7S. The minimum Gasteiger partial charge on any atom is -0.497 e. The number of carbonyl (C=O) groups excluding carboxylic acids is 1. The summed E-state index contributed by atoms with van der Waals surface area (Å²) >= 11 is 6.44. The topological polar surface area (TPSA) is 153 Å². The van der Waals surface area contributed by atoms with Crippen LogP contribution < -0.4 is 39.2 Å². The molecule has 0 spiro atoms. The summed E-state index contributed by atoms with van der Waals surface area (Å²) in [5.74, 6) is 2.02. The lowest BCUT2D eigenvalue weighted by Gasteiger charge is -2.28. The van der Waals surface area contributed by atoms with Gasteiger partial charge in [-0.1, -0.05) is 11.6 Å². The van der Waals surface area contributed by atoms with Gasteiger partial charge in [0, 0.05) is 36.3 Å². The lowest BCUT2D eigenvalue weighted by Crippen LogP contribution is -2.41. The Morgan fingerprint density at radius 2 is 1.76 bits per heavy atom. The molecule has 0 unspecified atom stereocenters. The van der Waals surface area contributed by atoms with Crippen LogP contribution in [0.1, 0.15) is 12.8 Å². The van der Waals surface area contributed by atoms with Crippen molar-refractivity contribution in [2.75, 3.05) is 56.2 Å². The molecule has 220 valence electrons. The van der Waals surface area contributed by atoms with Crippen LogP contribution in [0.4, 0.5) is 28.8 Å². The Hall–Kier alpha value is -4.17. The molecular weight excluding hydrogens is 576 g/mol. The number of nitrogens with one attached hydrogen (secondary N) is 3. The number of nitrogens with zero attached hydrogens (tertiary/aromatic N) is 3. The van der Waals surface area contributed by atoms with Crippen molar-refractivity contribution >= 4 is 56.4 Å². The SMILES string of the molecule is COc1ccc(Nc2nc(Nc3cc(OC)c(OC)c(OC)c3)ncc2Cl)c(N(C[C@H]2CCC(=O)N2)S(C)(=O)=O)c1. The van der Waals surface area contributed by atoms with E-state index in [1.165, 1.54) is 38.9 Å². The van der Waals surface area contributed by atoms with Crippen molar-refractivity contribution < 1.29 is 32.2 Å². The van der Waals surface area contributed by atoms with E-state index in [4.69, 9.17) is 30.5 Å². The van der Waals surface area contributed by atoms with Crippen molar-refractivity contribution in [1.82, 2.24) is 15.3 Å². The van der Waals surface area contributed by atoms with E-state index in [9.17, 15) is 13.2 Å². The highest BCUT2D eigenvalue weighted by Gasteiger charge is 2.29. The van der Waals surface area contributed by atoms with Crippen molar-refractivity contribution in [3.63, 3.8) is 0 Å². The second kappa shape index (κ2) is 12.6. The first-order valence-corrected chi connectivity index (χ1v) is 14.6. The lowest BCUT2D eigenvalue weighted by molar-refractivity contribution is -0.119. The fourth-order valence-corrected chi connectivity index (χ4v) is 5.40. The highest BCUT2D eigenvalue weighted by Crippen LogP contribution is 2.41. The molecule has 4 rings (SSSR count). The predicted octanol–water partition coefficient (Wildman–Crippen LogP) is 3.70. The third-order valence-corrected chi connectivity index (χ3v) is 7.69. The Labute approximate surface area is 243 Å². The van der Waals surface area contributed by atoms with E-state index in [1.807, 2.05) is 0 Å². The van der Waals surface area contributed by atoms with Crippen molar-refractivity contribution in [3.8, 4) is 23.0 Å². The van der Waals surface area contributed by atoms with Gasteiger partial charge in [0.15, 0.2) is 17.3 Å². The van der Waals surface area contributed by atoms with E-state index in [0.717, 1.165) is 6.26 Å². The summed E-state index contributed by atoms with van der Waals surface area (Å²) < 4.78 is 48.6. The van der Waals surface area contributed by atoms with Crippen LogP contribution in [-0.4, -0.2) is 71.6 Å². The smallest absolute Gasteiger partial charge is 0.232 e. The van der Waals surface area contributed by atoms with Crippen LogP contribution in [0.5, 0.6) is 23.0 Å². The van der Waals surface area contributed by atoms with Gasteiger partial charge in [0.2, 0.25) is 27.6 Å². The second-order valence-corrected chi connectivity index (χ2v) is 11.3. The number of carbonyl (C=O) groups is 1. The van der Waals surface area contributed by atoms with E-state index in [-0.39, 0.29) is 35.3 Å². The highest BCUT2D eigenvalue weighted by molar-refractivity contribution is 7.92. The number of rotatable bonds is 12. The Morgan fingerprint density at radius 1 is 1.05 bits per heavy atom. The monoisotopic (exact) mass is 606 g/mol. The fourth-order valence-electron chi connectivity index (χ4n) is 4.30. The minimum absolute atomic E-state index is 0.0396. The van der Waals surface area contributed by atoms with Gasteiger partial charge in [-0.05, 0) is 18.6 Å². The number of benzene rings is 2. The minimum atomic E-state index is -3.77. The van der Waals surface area contributed by atoms with Gasteiger partial charge in [-0.25, -0.2) is 13.4 Å². The molecule has 41 heavy (non-hydrogen) atoms. The first-order chi connectivity index (χ1) is 19.6. The van der Waals surface area contributed by atoms with E-state index in [0.29, 0.717) is 52.9 Å². The lowest BCUT2D eigenvalue weighted by atomic mass is 10.2. The summed E-state index contributed by atoms with van der Waals surface area (Å²) in [7, 11) is 2.24. The molecule has 0 saturated carbocycles. The summed E-state index contributed by atoms with van der Waals surface area (Å²) in [5.41, 5.74) is 1.24. The standard InChI is InChI=1S/C26H31ClN6O7S/c1-37-17-7-8-19(20(12-17)33(41(5,35)36)14-15-6-9-23(34)29-15)31-25-18(27)13-28-26(32-25)30-16-10-21(38-2)24(40-4)22(11-16)39-3/h7-8,10-13,15H,6,9,14H2,1-5H3,(H,29,34)(H2,28,30,31,32)/t15-/m1/s1. The summed E-state index contributed by atoms with van der Waals surface area (Å²) in [6.07, 6.45) is 3.36. The molecule has 1 aliphatic rings. The zero-order chi connectivity index (χ0) is 29.7. The van der Waals surface area contributed by atoms with Gasteiger partial charge in [-0.3, -0.25) is 9.10 Å². The van der Waals surface area contributed by atoms with E-state index < -0.39 is 10.0 Å². The van der Waals surface area contributed by atoms with Crippen molar-refractivity contribution in [3.05, 3.63) is 41.6 Å². The van der Waals surface area contributed by atoms with Crippen LogP contribution >= 0.6 is 11.6 Å². The van der Waals surface area contributed by atoms with Crippen molar-refractivity contribution in [1.29, 1.82) is 0 Å². The Balaban J connectivity index is 1.69. The van der Waals surface area contributed by atoms with Crippen LogP contribution in [-0.2, 0) is 14.8 Å². The molecule has 1 amide bonds. The summed E-state index contributed by atoms with van der Waals surface area (Å²) in [6, 6.07) is 7.97. The molecule has 1 aromatic heterocycles. The van der Waals surface area contributed by atoms with Gasteiger partial charge in [0.1, 0.15) is 10.8 Å². The number of halogens is 1. The first kappa shape index (κ1) is 29.8. The maximum Gasteiger partial charge on any atom is 0.232 e. The van der Waals surface area contributed by atoms with Crippen LogP contribution in [0.15, 0.2) is 36.5 Å². The van der Waals surface area contributed by atoms with Crippen LogP contribution in [0, 0.1) is 0 Å². The molecule has 13 nitrogen and oxygen atoms in total. The number of anilines is 5. The fraction of sp³-hybridized carbons (Fsp3) is 0.346. The summed E-state index contributed by atoms with van der Waals surface area (Å²) in [5, 5.41) is 9.22. The number of methoxy groups -OCH3 is 4. The molecule has 0 bridgehead atoms. The van der Waals surface area contributed by atoms with Crippen LogP contribution in [0.3, 0.4) is 0 Å². The van der Waals surface area contributed by atoms with Gasteiger partial charge in [-0.15, -0.1) is 0 Å². The third-order valence-electron chi connectivity index (χ3n) is 6.26. The third kappa shape index (κ3) is 6.95. The zero-order valence-electron chi connectivity index (χ0n) is 23.1. The second-order valence-electron chi connectivity index (χ2n) is 9.03. The average molecular weight is 607 g/mol. The molecule has 1 aliphatic heterocycles. The molecule has 15 heteroatoms. The normalized spacial score (nSPS) is 14.7. The van der Waals surface area contributed by atoms with Gasteiger partial charge in [0.25, 0.3) is 0 Å². The molecule has 1 atom stereocenters. The molecule has 2 heterocycles. The number of ether oxygens (including phenoxy) is 4. The van der Waals surface area contributed by atoms with Crippen LogP contribution in [0.25, 0.3) is 0 Å². The summed E-state index contributed by atoms with van der Waals surface area (Å²) in [4.78, 5) is 20.5. The Bertz CT molecular complexity index is 1510. The predicted molar refractivity (Wildman–Crippen MR) is 156 cm³/mol. The van der Waals surface area contributed by atoms with Crippen LogP contribution in [0.2, 0.25) is 5.02 Å². The molecule has 0 aliphatic carbocycles. The van der Waals surface area contributed by atoms with E-state index >= 15 is 0 Å². The highest BCUT2D eigenvalue weighted by atomic mass is 35.5. The number of hydrogen-bond donors (Lipinski definition) is 3.